The van der Waals surface area contributed by atoms with E-state index in [4.69, 9.17) is 9.72 Å². The molecular weight excluding hydrogens is 304 g/mol. The van der Waals surface area contributed by atoms with Gasteiger partial charge in [0.05, 0.1) is 24.1 Å². The third kappa shape index (κ3) is 2.55. The second-order valence-corrected chi connectivity index (χ2v) is 6.94. The lowest BCUT2D eigenvalue weighted by molar-refractivity contribution is -0.00192. The standard InChI is InChI=1S/C18H24N4O2/c1-3-22-15-7-5-4-6-14(15)19-16(22)12-21-10-8-18(9-11-21)13-20(2)17(23)24-18/h4-7H,3,8-13H2,1-2H3. The zero-order chi connectivity index (χ0) is 16.7. The molecule has 128 valence electrons. The topological polar surface area (TPSA) is 50.6 Å². The van der Waals surface area contributed by atoms with Crippen molar-refractivity contribution >= 4 is 17.1 Å². The van der Waals surface area contributed by atoms with Crippen molar-refractivity contribution in [2.45, 2.75) is 38.5 Å². The highest BCUT2D eigenvalue weighted by Crippen LogP contribution is 2.33. The van der Waals surface area contributed by atoms with E-state index < -0.39 is 0 Å². The van der Waals surface area contributed by atoms with Crippen LogP contribution in [0.15, 0.2) is 24.3 Å². The van der Waals surface area contributed by atoms with Crippen molar-refractivity contribution in [1.82, 2.24) is 19.4 Å². The molecule has 6 nitrogen and oxygen atoms in total. The van der Waals surface area contributed by atoms with E-state index in [9.17, 15) is 4.79 Å². The maximum atomic E-state index is 11.7. The summed E-state index contributed by atoms with van der Waals surface area (Å²) in [6, 6.07) is 8.31. The first-order valence-corrected chi connectivity index (χ1v) is 8.71. The summed E-state index contributed by atoms with van der Waals surface area (Å²) in [6.45, 7) is 6.53. The van der Waals surface area contributed by atoms with Crippen molar-refractivity contribution in [2.24, 2.45) is 0 Å². The number of benzene rings is 1. The van der Waals surface area contributed by atoms with Crippen molar-refractivity contribution < 1.29 is 9.53 Å². The van der Waals surface area contributed by atoms with E-state index >= 15 is 0 Å². The normalized spacial score (nSPS) is 20.9. The number of nitrogens with zero attached hydrogens (tertiary/aromatic N) is 4. The van der Waals surface area contributed by atoms with Gasteiger partial charge < -0.3 is 14.2 Å². The fourth-order valence-electron chi connectivity index (χ4n) is 3.97. The highest BCUT2D eigenvalue weighted by atomic mass is 16.6. The van der Waals surface area contributed by atoms with Crippen LogP contribution in [0, 0.1) is 0 Å². The summed E-state index contributed by atoms with van der Waals surface area (Å²) in [5, 5.41) is 0. The monoisotopic (exact) mass is 328 g/mol. The molecule has 1 amide bonds. The summed E-state index contributed by atoms with van der Waals surface area (Å²) in [7, 11) is 1.81. The van der Waals surface area contributed by atoms with Crippen molar-refractivity contribution in [2.75, 3.05) is 26.7 Å². The Hall–Kier alpha value is -2.08. The molecule has 4 rings (SSSR count). The zero-order valence-electron chi connectivity index (χ0n) is 14.4. The molecule has 2 aliphatic rings. The van der Waals surface area contributed by atoms with Crippen LogP contribution in [-0.2, 0) is 17.8 Å². The number of carbonyl (C=O) groups excluding carboxylic acids is 1. The average Bonchev–Trinajstić information content (AvgIpc) is 3.07. The highest BCUT2D eigenvalue weighted by Gasteiger charge is 2.45. The Morgan fingerprint density at radius 1 is 1.25 bits per heavy atom. The Morgan fingerprint density at radius 2 is 2.00 bits per heavy atom. The number of ether oxygens (including phenoxy) is 1. The van der Waals surface area contributed by atoms with Crippen LogP contribution < -0.4 is 0 Å². The van der Waals surface area contributed by atoms with E-state index in [0.717, 1.165) is 50.4 Å². The number of piperidine rings is 1. The Kier molecular flexibility index (Phi) is 3.72. The molecule has 6 heteroatoms. The molecular formula is C18H24N4O2. The third-order valence-electron chi connectivity index (χ3n) is 5.32. The van der Waals surface area contributed by atoms with Crippen LogP contribution in [0.4, 0.5) is 4.79 Å². The van der Waals surface area contributed by atoms with Crippen molar-refractivity contribution in [3.8, 4) is 0 Å². The molecule has 1 aromatic carbocycles. The molecule has 0 N–H and O–H groups in total. The summed E-state index contributed by atoms with van der Waals surface area (Å²) in [4.78, 5) is 20.6. The number of imidazole rings is 1. The number of amides is 1. The summed E-state index contributed by atoms with van der Waals surface area (Å²) in [6.07, 6.45) is 1.61. The molecule has 0 radical (unpaired) electrons. The van der Waals surface area contributed by atoms with Crippen LogP contribution in [0.25, 0.3) is 11.0 Å². The number of para-hydroxylation sites is 2. The summed E-state index contributed by atoms with van der Waals surface area (Å²) in [5.74, 6) is 1.12. The van der Waals surface area contributed by atoms with Gasteiger partial charge in [0.25, 0.3) is 0 Å². The predicted molar refractivity (Wildman–Crippen MR) is 91.8 cm³/mol. The number of likely N-dealkylation sites (tertiary alicyclic amines) is 1. The van der Waals surface area contributed by atoms with Gasteiger partial charge in [0, 0.05) is 39.5 Å². The Balaban J connectivity index is 1.47. The van der Waals surface area contributed by atoms with Gasteiger partial charge in [-0.3, -0.25) is 4.90 Å². The molecule has 3 heterocycles. The van der Waals surface area contributed by atoms with Gasteiger partial charge >= 0.3 is 6.09 Å². The number of likely N-dealkylation sites (N-methyl/N-ethyl adjacent to an activating group) is 1. The van der Waals surface area contributed by atoms with E-state index in [2.05, 4.69) is 34.6 Å². The van der Waals surface area contributed by atoms with Crippen LogP contribution in [0.2, 0.25) is 0 Å². The molecule has 2 saturated heterocycles. The largest absolute Gasteiger partial charge is 0.441 e. The number of rotatable bonds is 3. The number of aromatic nitrogens is 2. The minimum Gasteiger partial charge on any atom is -0.441 e. The minimum absolute atomic E-state index is 0.184. The number of carbonyl (C=O) groups is 1. The molecule has 2 fully saturated rings. The lowest BCUT2D eigenvalue weighted by Crippen LogP contribution is -2.46. The fourth-order valence-corrected chi connectivity index (χ4v) is 3.97. The maximum Gasteiger partial charge on any atom is 0.410 e. The molecule has 0 unspecified atom stereocenters. The second-order valence-electron chi connectivity index (χ2n) is 6.94. The molecule has 2 aromatic rings. The second kappa shape index (κ2) is 5.77. The van der Waals surface area contributed by atoms with Crippen molar-refractivity contribution in [3.05, 3.63) is 30.1 Å². The fraction of sp³-hybridized carbons (Fsp3) is 0.556. The lowest BCUT2D eigenvalue weighted by atomic mass is 9.91. The molecule has 0 aliphatic carbocycles. The zero-order valence-corrected chi connectivity index (χ0v) is 14.4. The van der Waals surface area contributed by atoms with Crippen LogP contribution in [0.3, 0.4) is 0 Å². The number of hydrogen-bond acceptors (Lipinski definition) is 4. The molecule has 2 aliphatic heterocycles. The van der Waals surface area contributed by atoms with Crippen LogP contribution >= 0.6 is 0 Å². The Labute approximate surface area is 142 Å². The van der Waals surface area contributed by atoms with Gasteiger partial charge in [-0.05, 0) is 19.1 Å². The first-order chi connectivity index (χ1) is 11.6. The van der Waals surface area contributed by atoms with E-state index in [-0.39, 0.29) is 11.7 Å². The van der Waals surface area contributed by atoms with Crippen LogP contribution in [-0.4, -0.2) is 57.7 Å². The van der Waals surface area contributed by atoms with Gasteiger partial charge in [0.2, 0.25) is 0 Å². The predicted octanol–water partition coefficient (Wildman–Crippen LogP) is 2.47. The average molecular weight is 328 g/mol. The van der Waals surface area contributed by atoms with Crippen molar-refractivity contribution in [3.63, 3.8) is 0 Å². The summed E-state index contributed by atoms with van der Waals surface area (Å²) >= 11 is 0. The van der Waals surface area contributed by atoms with Gasteiger partial charge in [0.15, 0.2) is 0 Å². The summed E-state index contributed by atoms with van der Waals surface area (Å²) in [5.41, 5.74) is 2.00. The number of hydrogen-bond donors (Lipinski definition) is 0. The summed E-state index contributed by atoms with van der Waals surface area (Å²) < 4.78 is 7.93. The maximum absolute atomic E-state index is 11.7. The quantitative estimate of drug-likeness (QED) is 0.868. The van der Waals surface area contributed by atoms with Crippen molar-refractivity contribution in [1.29, 1.82) is 0 Å². The van der Waals surface area contributed by atoms with E-state index in [0.29, 0.717) is 6.54 Å². The first-order valence-electron chi connectivity index (χ1n) is 8.71. The molecule has 0 atom stereocenters. The van der Waals surface area contributed by atoms with Gasteiger partial charge in [-0.2, -0.15) is 0 Å². The molecule has 1 spiro atoms. The van der Waals surface area contributed by atoms with Crippen LogP contribution in [0.1, 0.15) is 25.6 Å². The molecule has 0 saturated carbocycles. The lowest BCUT2D eigenvalue weighted by Gasteiger charge is -2.37. The van der Waals surface area contributed by atoms with E-state index in [1.54, 1.807) is 4.90 Å². The van der Waals surface area contributed by atoms with E-state index in [1.165, 1.54) is 5.52 Å². The SMILES string of the molecule is CCn1c(CN2CCC3(CC2)CN(C)C(=O)O3)nc2ccccc21. The van der Waals surface area contributed by atoms with Gasteiger partial charge in [-0.15, -0.1) is 0 Å². The molecule has 0 bridgehead atoms. The number of aryl methyl sites for hydroxylation is 1. The van der Waals surface area contributed by atoms with Gasteiger partial charge in [-0.25, -0.2) is 9.78 Å². The first kappa shape index (κ1) is 15.4. The third-order valence-corrected chi connectivity index (χ3v) is 5.32. The van der Waals surface area contributed by atoms with Crippen LogP contribution in [0.5, 0.6) is 0 Å². The highest BCUT2D eigenvalue weighted by molar-refractivity contribution is 5.75. The van der Waals surface area contributed by atoms with Gasteiger partial charge in [0.1, 0.15) is 11.4 Å². The Bertz CT molecular complexity index is 761. The smallest absolute Gasteiger partial charge is 0.410 e. The Morgan fingerprint density at radius 3 is 2.67 bits per heavy atom. The van der Waals surface area contributed by atoms with Gasteiger partial charge in [-0.1, -0.05) is 12.1 Å². The molecule has 1 aromatic heterocycles. The molecule has 24 heavy (non-hydrogen) atoms. The van der Waals surface area contributed by atoms with E-state index in [1.807, 2.05) is 13.1 Å². The minimum atomic E-state index is -0.271. The number of fused-ring (bicyclic) bond motifs is 1.